The quantitative estimate of drug-likeness (QED) is 0.598. The van der Waals surface area contributed by atoms with Crippen LogP contribution < -0.4 is 5.73 Å². The van der Waals surface area contributed by atoms with E-state index in [1.807, 2.05) is 0 Å². The van der Waals surface area contributed by atoms with Crippen LogP contribution in [0.5, 0.6) is 0 Å². The van der Waals surface area contributed by atoms with Crippen LogP contribution in [0, 0.1) is 6.57 Å². The van der Waals surface area contributed by atoms with Crippen LogP contribution in [-0.4, -0.2) is 4.98 Å². The van der Waals surface area contributed by atoms with Crippen molar-refractivity contribution in [2.45, 2.75) is 0 Å². The lowest BCUT2D eigenvalue weighted by atomic mass is 10.3. The molecule has 2 N–H and O–H groups in total. The molecule has 0 unspecified atom stereocenters. The van der Waals surface area contributed by atoms with Crippen LogP contribution in [0.3, 0.4) is 0 Å². The molecule has 0 bridgehead atoms. The lowest BCUT2D eigenvalue weighted by Gasteiger charge is -1.85. The minimum atomic E-state index is 0.132. The largest absolute Gasteiger partial charge is 0.424 e. The number of rotatable bonds is 0. The molecule has 58 valence electrons. The van der Waals surface area contributed by atoms with Gasteiger partial charge in [0, 0.05) is 0 Å². The summed E-state index contributed by atoms with van der Waals surface area (Å²) in [5.74, 6) is 0. The molecule has 0 spiro atoms. The summed E-state index contributed by atoms with van der Waals surface area (Å²) in [5, 5.41) is 0. The number of nitrogen functional groups attached to an aromatic ring is 1. The highest BCUT2D eigenvalue weighted by Gasteiger charge is 2.02. The summed E-state index contributed by atoms with van der Waals surface area (Å²) in [6, 6.07) is 5.13. The Bertz CT molecular complexity index is 467. The summed E-state index contributed by atoms with van der Waals surface area (Å²) >= 11 is 0. The molecule has 2 aromatic rings. The van der Waals surface area contributed by atoms with E-state index < -0.39 is 0 Å². The van der Waals surface area contributed by atoms with Crippen LogP contribution in [-0.2, 0) is 0 Å². The van der Waals surface area contributed by atoms with Gasteiger partial charge in [0.1, 0.15) is 5.52 Å². The predicted molar refractivity (Wildman–Crippen MR) is 44.7 cm³/mol. The summed E-state index contributed by atoms with van der Waals surface area (Å²) in [7, 11) is 0. The van der Waals surface area contributed by atoms with Gasteiger partial charge in [0.2, 0.25) is 0 Å². The molecule has 0 fully saturated rings. The molecule has 0 aliphatic rings. The highest BCUT2D eigenvalue weighted by atomic mass is 16.4. The SMILES string of the molecule is [C-]#[N+]c1ccc2oc(N)nc2c1. The minimum absolute atomic E-state index is 0.132. The Kier molecular flexibility index (Phi) is 1.25. The second kappa shape index (κ2) is 2.24. The molecule has 1 aromatic heterocycles. The zero-order valence-electron chi connectivity index (χ0n) is 6.11. The predicted octanol–water partition coefficient (Wildman–Crippen LogP) is 1.96. The normalized spacial score (nSPS) is 9.92. The van der Waals surface area contributed by atoms with Gasteiger partial charge in [-0.25, -0.2) is 4.85 Å². The van der Waals surface area contributed by atoms with Gasteiger partial charge in [0.15, 0.2) is 11.3 Å². The zero-order chi connectivity index (χ0) is 8.55. The van der Waals surface area contributed by atoms with Gasteiger partial charge in [-0.3, -0.25) is 0 Å². The van der Waals surface area contributed by atoms with E-state index in [-0.39, 0.29) is 6.01 Å². The fourth-order valence-corrected chi connectivity index (χ4v) is 1.00. The summed E-state index contributed by atoms with van der Waals surface area (Å²) in [6.45, 7) is 6.76. The van der Waals surface area contributed by atoms with E-state index in [0.29, 0.717) is 16.8 Å². The number of fused-ring (bicyclic) bond motifs is 1. The summed E-state index contributed by atoms with van der Waals surface area (Å²) < 4.78 is 5.03. The first-order chi connectivity index (χ1) is 5.79. The van der Waals surface area contributed by atoms with Gasteiger partial charge in [-0.05, 0) is 12.1 Å². The number of anilines is 1. The maximum atomic E-state index is 6.76. The molecular formula is C8H5N3O. The molecule has 0 aliphatic carbocycles. The highest BCUT2D eigenvalue weighted by Crippen LogP contribution is 2.22. The Hall–Kier alpha value is -2.02. The van der Waals surface area contributed by atoms with E-state index in [1.165, 1.54) is 0 Å². The molecule has 0 aliphatic heterocycles. The standard InChI is InChI=1S/C8H5N3O/c1-10-5-2-3-7-6(4-5)11-8(9)12-7/h2-4H,(H2,9,11). The highest BCUT2D eigenvalue weighted by molar-refractivity contribution is 5.78. The van der Waals surface area contributed by atoms with Crippen LogP contribution in [0.1, 0.15) is 0 Å². The third kappa shape index (κ3) is 0.883. The maximum Gasteiger partial charge on any atom is 0.292 e. The van der Waals surface area contributed by atoms with Gasteiger partial charge in [0.05, 0.1) is 6.57 Å². The molecule has 12 heavy (non-hydrogen) atoms. The van der Waals surface area contributed by atoms with E-state index in [9.17, 15) is 0 Å². The van der Waals surface area contributed by atoms with Crippen LogP contribution in [0.4, 0.5) is 11.7 Å². The van der Waals surface area contributed by atoms with Crippen molar-refractivity contribution in [1.82, 2.24) is 4.98 Å². The number of nitrogens with two attached hydrogens (primary N) is 1. The van der Waals surface area contributed by atoms with Crippen molar-refractivity contribution in [3.05, 3.63) is 29.6 Å². The van der Waals surface area contributed by atoms with Gasteiger partial charge in [0.25, 0.3) is 6.01 Å². The van der Waals surface area contributed by atoms with Crippen LogP contribution >= 0.6 is 0 Å². The van der Waals surface area contributed by atoms with Gasteiger partial charge >= 0.3 is 0 Å². The van der Waals surface area contributed by atoms with Gasteiger partial charge < -0.3 is 10.2 Å². The number of benzene rings is 1. The lowest BCUT2D eigenvalue weighted by Crippen LogP contribution is -1.80. The molecule has 4 heteroatoms. The van der Waals surface area contributed by atoms with Crippen molar-refractivity contribution in [3.63, 3.8) is 0 Å². The van der Waals surface area contributed by atoms with Crippen molar-refractivity contribution in [2.75, 3.05) is 5.73 Å². The molecule has 1 heterocycles. The van der Waals surface area contributed by atoms with E-state index in [2.05, 4.69) is 9.83 Å². The summed E-state index contributed by atoms with van der Waals surface area (Å²) in [4.78, 5) is 7.15. The number of hydrogen-bond acceptors (Lipinski definition) is 3. The van der Waals surface area contributed by atoms with Crippen molar-refractivity contribution in [2.24, 2.45) is 0 Å². The van der Waals surface area contributed by atoms with Gasteiger partial charge in [-0.1, -0.05) is 6.07 Å². The molecule has 0 saturated carbocycles. The van der Waals surface area contributed by atoms with Gasteiger partial charge in [-0.2, -0.15) is 4.98 Å². The number of aromatic nitrogens is 1. The van der Waals surface area contributed by atoms with E-state index in [0.717, 1.165) is 0 Å². The average Bonchev–Trinajstić information content (AvgIpc) is 2.43. The number of hydrogen-bond donors (Lipinski definition) is 1. The minimum Gasteiger partial charge on any atom is -0.424 e. The van der Waals surface area contributed by atoms with E-state index in [4.69, 9.17) is 16.7 Å². The zero-order valence-corrected chi connectivity index (χ0v) is 6.11. The van der Waals surface area contributed by atoms with E-state index in [1.54, 1.807) is 18.2 Å². The molecule has 1 aromatic carbocycles. The fourth-order valence-electron chi connectivity index (χ4n) is 1.00. The number of nitrogens with zero attached hydrogens (tertiary/aromatic N) is 2. The van der Waals surface area contributed by atoms with Crippen molar-refractivity contribution >= 4 is 22.8 Å². The first-order valence-electron chi connectivity index (χ1n) is 3.33. The molecule has 0 atom stereocenters. The van der Waals surface area contributed by atoms with Crippen molar-refractivity contribution in [3.8, 4) is 0 Å². The molecular weight excluding hydrogens is 154 g/mol. The Morgan fingerprint density at radius 2 is 2.33 bits per heavy atom. The first-order valence-corrected chi connectivity index (χ1v) is 3.33. The summed E-state index contributed by atoms with van der Waals surface area (Å²) in [5.41, 5.74) is 7.10. The second-order valence-electron chi connectivity index (χ2n) is 2.32. The van der Waals surface area contributed by atoms with E-state index >= 15 is 0 Å². The third-order valence-corrected chi connectivity index (χ3v) is 1.52. The van der Waals surface area contributed by atoms with Crippen LogP contribution in [0.25, 0.3) is 15.9 Å². The molecule has 0 amide bonds. The van der Waals surface area contributed by atoms with Crippen LogP contribution in [0.2, 0.25) is 0 Å². The maximum absolute atomic E-state index is 6.76. The molecule has 4 nitrogen and oxygen atoms in total. The Morgan fingerprint density at radius 3 is 3.08 bits per heavy atom. The second-order valence-corrected chi connectivity index (χ2v) is 2.32. The average molecular weight is 159 g/mol. The topological polar surface area (TPSA) is 56.4 Å². The van der Waals surface area contributed by atoms with Crippen molar-refractivity contribution in [1.29, 1.82) is 0 Å². The molecule has 2 rings (SSSR count). The molecule has 0 radical (unpaired) electrons. The smallest absolute Gasteiger partial charge is 0.292 e. The van der Waals surface area contributed by atoms with Crippen LogP contribution in [0.15, 0.2) is 22.6 Å². The lowest BCUT2D eigenvalue weighted by molar-refractivity contribution is 0.626. The van der Waals surface area contributed by atoms with Gasteiger partial charge in [-0.15, -0.1) is 0 Å². The fraction of sp³-hybridized carbons (Fsp3) is 0. The first kappa shape index (κ1) is 6.68. The Morgan fingerprint density at radius 1 is 1.50 bits per heavy atom. The summed E-state index contributed by atoms with van der Waals surface area (Å²) in [6.07, 6.45) is 0. The Balaban J connectivity index is 2.77. The Labute approximate surface area is 68.4 Å². The molecule has 0 saturated heterocycles. The number of oxazole rings is 1. The third-order valence-electron chi connectivity index (χ3n) is 1.52. The monoisotopic (exact) mass is 159 g/mol. The van der Waals surface area contributed by atoms with Crippen molar-refractivity contribution < 1.29 is 4.42 Å².